The molecule has 0 unspecified atom stereocenters. The molecule has 3 rings (SSSR count). The van der Waals surface area contributed by atoms with Crippen molar-refractivity contribution in [2.24, 2.45) is 0 Å². The molecule has 2 aromatic heterocycles. The third-order valence-corrected chi connectivity index (χ3v) is 5.45. The second-order valence-electron chi connectivity index (χ2n) is 5.29. The Labute approximate surface area is 154 Å². The summed E-state index contributed by atoms with van der Waals surface area (Å²) < 4.78 is 26.0. The lowest BCUT2D eigenvalue weighted by Crippen LogP contribution is -2.18. The standard InChI is InChI=1S/C16H14ClN5O3S/c17-12-3-5-13(6-4-12)26(24,25)9-7-15(23)21-14-2-1-8-19-16(14)22-11-18-10-20-22/h1-6,8,10-11H,7,9H2,(H,21,23). The molecule has 0 aliphatic rings. The number of sulfone groups is 1. The van der Waals surface area contributed by atoms with Crippen molar-refractivity contribution in [2.75, 3.05) is 11.1 Å². The SMILES string of the molecule is O=C(CCS(=O)(=O)c1ccc(Cl)cc1)Nc1cccnc1-n1cncn1. The number of carbonyl (C=O) groups is 1. The molecule has 0 saturated carbocycles. The highest BCUT2D eigenvalue weighted by Gasteiger charge is 2.17. The summed E-state index contributed by atoms with van der Waals surface area (Å²) in [6, 6.07) is 9.12. The summed E-state index contributed by atoms with van der Waals surface area (Å²) in [7, 11) is -3.58. The lowest BCUT2D eigenvalue weighted by molar-refractivity contribution is -0.115. The van der Waals surface area contributed by atoms with Crippen LogP contribution in [0, 0.1) is 0 Å². The van der Waals surface area contributed by atoms with Crippen LogP contribution < -0.4 is 5.32 Å². The molecular weight excluding hydrogens is 378 g/mol. The van der Waals surface area contributed by atoms with Crippen molar-refractivity contribution in [3.8, 4) is 5.82 Å². The Morgan fingerprint density at radius 3 is 2.65 bits per heavy atom. The first-order chi connectivity index (χ1) is 12.5. The highest BCUT2D eigenvalue weighted by molar-refractivity contribution is 7.91. The van der Waals surface area contributed by atoms with Crippen LogP contribution in [0.1, 0.15) is 6.42 Å². The monoisotopic (exact) mass is 391 g/mol. The van der Waals surface area contributed by atoms with Gasteiger partial charge in [0.15, 0.2) is 15.7 Å². The molecule has 0 fully saturated rings. The number of nitrogens with one attached hydrogen (secondary N) is 1. The number of pyridine rings is 1. The Bertz CT molecular complexity index is 1000. The van der Waals surface area contributed by atoms with E-state index in [1.54, 1.807) is 18.3 Å². The number of anilines is 1. The van der Waals surface area contributed by atoms with Crippen molar-refractivity contribution < 1.29 is 13.2 Å². The average molecular weight is 392 g/mol. The molecule has 0 aliphatic carbocycles. The smallest absolute Gasteiger partial charge is 0.225 e. The first kappa shape index (κ1) is 18.0. The molecule has 10 heteroatoms. The number of rotatable bonds is 6. The van der Waals surface area contributed by atoms with Gasteiger partial charge in [-0.15, -0.1) is 0 Å². The molecule has 0 saturated heterocycles. The van der Waals surface area contributed by atoms with E-state index in [1.807, 2.05) is 0 Å². The molecule has 1 amide bonds. The van der Waals surface area contributed by atoms with Gasteiger partial charge in [-0.25, -0.2) is 23.1 Å². The molecule has 0 aliphatic heterocycles. The molecule has 0 radical (unpaired) electrons. The van der Waals surface area contributed by atoms with Crippen molar-refractivity contribution in [3.63, 3.8) is 0 Å². The second-order valence-corrected chi connectivity index (χ2v) is 7.83. The van der Waals surface area contributed by atoms with Gasteiger partial charge < -0.3 is 5.32 Å². The fraction of sp³-hybridized carbons (Fsp3) is 0.125. The highest BCUT2D eigenvalue weighted by Crippen LogP contribution is 2.18. The number of amides is 1. The predicted molar refractivity (Wildman–Crippen MR) is 95.9 cm³/mol. The van der Waals surface area contributed by atoms with E-state index >= 15 is 0 Å². The van der Waals surface area contributed by atoms with Crippen LogP contribution in [0.2, 0.25) is 5.02 Å². The van der Waals surface area contributed by atoms with E-state index in [2.05, 4.69) is 20.4 Å². The maximum atomic E-state index is 12.3. The fourth-order valence-corrected chi connectivity index (χ4v) is 3.56. The average Bonchev–Trinajstić information content (AvgIpc) is 3.15. The van der Waals surface area contributed by atoms with E-state index in [0.29, 0.717) is 16.5 Å². The zero-order valence-corrected chi connectivity index (χ0v) is 15.0. The van der Waals surface area contributed by atoms with E-state index in [0.717, 1.165) is 0 Å². The normalized spacial score (nSPS) is 11.3. The maximum Gasteiger partial charge on any atom is 0.225 e. The quantitative estimate of drug-likeness (QED) is 0.689. The van der Waals surface area contributed by atoms with Crippen molar-refractivity contribution in [3.05, 3.63) is 60.3 Å². The number of benzene rings is 1. The third kappa shape index (κ3) is 4.24. The van der Waals surface area contributed by atoms with Crippen molar-refractivity contribution in [2.45, 2.75) is 11.3 Å². The zero-order valence-electron chi connectivity index (χ0n) is 13.4. The molecule has 0 spiro atoms. The van der Waals surface area contributed by atoms with Crippen molar-refractivity contribution in [1.82, 2.24) is 19.7 Å². The summed E-state index contributed by atoms with van der Waals surface area (Å²) in [5.41, 5.74) is 0.409. The zero-order chi connectivity index (χ0) is 18.6. The highest BCUT2D eigenvalue weighted by atomic mass is 35.5. The van der Waals surface area contributed by atoms with Gasteiger partial charge in [0, 0.05) is 17.6 Å². The second kappa shape index (κ2) is 7.63. The fourth-order valence-electron chi connectivity index (χ4n) is 2.19. The molecule has 0 atom stereocenters. The van der Waals surface area contributed by atoms with Gasteiger partial charge in [0.25, 0.3) is 0 Å². The van der Waals surface area contributed by atoms with Crippen molar-refractivity contribution in [1.29, 1.82) is 0 Å². The van der Waals surface area contributed by atoms with Crippen LogP contribution in [0.15, 0.2) is 60.1 Å². The van der Waals surface area contributed by atoms with E-state index in [-0.39, 0.29) is 17.1 Å². The lowest BCUT2D eigenvalue weighted by Gasteiger charge is -2.10. The predicted octanol–water partition coefficient (Wildman–Crippen LogP) is 2.12. The molecule has 1 aromatic carbocycles. The summed E-state index contributed by atoms with van der Waals surface area (Å²) in [6.07, 6.45) is 4.15. The van der Waals surface area contributed by atoms with Crippen LogP contribution in [0.25, 0.3) is 5.82 Å². The summed E-state index contributed by atoms with van der Waals surface area (Å²) in [4.78, 5) is 20.3. The van der Waals surface area contributed by atoms with Crippen LogP contribution in [0.3, 0.4) is 0 Å². The van der Waals surface area contributed by atoms with Crippen molar-refractivity contribution >= 4 is 33.0 Å². The van der Waals surface area contributed by atoms with E-state index in [4.69, 9.17) is 11.6 Å². The number of aromatic nitrogens is 4. The van der Waals surface area contributed by atoms with Crippen LogP contribution in [-0.2, 0) is 14.6 Å². The summed E-state index contributed by atoms with van der Waals surface area (Å²) in [5, 5.41) is 7.07. The Hall–Kier alpha value is -2.78. The first-order valence-electron chi connectivity index (χ1n) is 7.54. The molecule has 26 heavy (non-hydrogen) atoms. The van der Waals surface area contributed by atoms with Gasteiger partial charge in [-0.1, -0.05) is 11.6 Å². The summed E-state index contributed by atoms with van der Waals surface area (Å²) in [6.45, 7) is 0. The Balaban J connectivity index is 1.68. The van der Waals surface area contributed by atoms with Crippen LogP contribution in [-0.4, -0.2) is 39.8 Å². The van der Waals surface area contributed by atoms with Gasteiger partial charge in [-0.2, -0.15) is 5.10 Å². The third-order valence-electron chi connectivity index (χ3n) is 3.47. The summed E-state index contributed by atoms with van der Waals surface area (Å²) in [5.74, 6) is -0.379. The van der Waals surface area contributed by atoms with E-state index < -0.39 is 15.7 Å². The number of nitrogens with zero attached hydrogens (tertiary/aromatic N) is 4. The topological polar surface area (TPSA) is 107 Å². The molecule has 3 aromatic rings. The first-order valence-corrected chi connectivity index (χ1v) is 9.57. The number of halogens is 1. The number of hydrogen-bond donors (Lipinski definition) is 1. The molecule has 1 N–H and O–H groups in total. The Kier molecular flexibility index (Phi) is 5.29. The minimum atomic E-state index is -3.58. The molecule has 8 nitrogen and oxygen atoms in total. The van der Waals surface area contributed by atoms with Gasteiger partial charge in [-0.05, 0) is 36.4 Å². The maximum absolute atomic E-state index is 12.3. The minimum Gasteiger partial charge on any atom is -0.323 e. The lowest BCUT2D eigenvalue weighted by atomic mass is 10.3. The van der Waals surface area contributed by atoms with Gasteiger partial charge in [0.05, 0.1) is 16.3 Å². The molecule has 0 bridgehead atoms. The number of hydrogen-bond acceptors (Lipinski definition) is 6. The molecule has 134 valence electrons. The van der Waals surface area contributed by atoms with Crippen LogP contribution >= 0.6 is 11.6 Å². The van der Waals surface area contributed by atoms with Gasteiger partial charge in [-0.3, -0.25) is 4.79 Å². The van der Waals surface area contributed by atoms with Crippen LogP contribution in [0.5, 0.6) is 0 Å². The van der Waals surface area contributed by atoms with E-state index in [1.165, 1.54) is 41.6 Å². The largest absolute Gasteiger partial charge is 0.323 e. The van der Waals surface area contributed by atoms with Crippen LogP contribution in [0.4, 0.5) is 5.69 Å². The molecular formula is C16H14ClN5O3S. The minimum absolute atomic E-state index is 0.124. The number of carbonyl (C=O) groups excluding carboxylic acids is 1. The Morgan fingerprint density at radius 2 is 1.96 bits per heavy atom. The van der Waals surface area contributed by atoms with Gasteiger partial charge in [0.2, 0.25) is 5.91 Å². The van der Waals surface area contributed by atoms with Gasteiger partial charge in [0.1, 0.15) is 12.7 Å². The van der Waals surface area contributed by atoms with Gasteiger partial charge >= 0.3 is 0 Å². The summed E-state index contributed by atoms with van der Waals surface area (Å²) >= 11 is 5.76. The van der Waals surface area contributed by atoms with E-state index in [9.17, 15) is 13.2 Å². The molecule has 2 heterocycles. The Morgan fingerprint density at radius 1 is 1.19 bits per heavy atom.